The van der Waals surface area contributed by atoms with Gasteiger partial charge in [0.05, 0.1) is 11.4 Å². The van der Waals surface area contributed by atoms with E-state index in [1.165, 1.54) is 60.1 Å². The van der Waals surface area contributed by atoms with Crippen LogP contribution in [-0.4, -0.2) is 4.98 Å². The molecule has 1 heteroatoms. The molecule has 48 heavy (non-hydrogen) atoms. The van der Waals surface area contributed by atoms with Gasteiger partial charge in [-0.25, -0.2) is 4.98 Å². The molecule has 224 valence electrons. The Morgan fingerprint density at radius 2 is 0.583 bits per heavy atom. The van der Waals surface area contributed by atoms with Gasteiger partial charge in [0.15, 0.2) is 0 Å². The van der Waals surface area contributed by atoms with Crippen LogP contribution in [-0.2, 0) is 0 Å². The molecule has 0 bridgehead atoms. The van der Waals surface area contributed by atoms with Gasteiger partial charge in [0.25, 0.3) is 0 Å². The fourth-order valence-electron chi connectivity index (χ4n) is 7.03. The van der Waals surface area contributed by atoms with Crippen molar-refractivity contribution in [2.45, 2.75) is 0 Å². The minimum absolute atomic E-state index is 0.972. The zero-order chi connectivity index (χ0) is 31.9. The Bertz CT molecular complexity index is 2490. The van der Waals surface area contributed by atoms with Gasteiger partial charge < -0.3 is 0 Å². The topological polar surface area (TPSA) is 12.9 Å². The zero-order valence-electron chi connectivity index (χ0n) is 26.3. The average molecular weight is 610 g/mol. The molecule has 0 N–H and O–H groups in total. The van der Waals surface area contributed by atoms with E-state index in [2.05, 4.69) is 176 Å². The Hall–Kier alpha value is -6.31. The van der Waals surface area contributed by atoms with Crippen LogP contribution in [0.1, 0.15) is 0 Å². The molecular weight excluding hydrogens is 579 g/mol. The van der Waals surface area contributed by atoms with Gasteiger partial charge in [-0.05, 0) is 90.0 Å². The summed E-state index contributed by atoms with van der Waals surface area (Å²) in [6.45, 7) is 0. The Balaban J connectivity index is 1.09. The highest BCUT2D eigenvalue weighted by atomic mass is 14.7. The number of fused-ring (bicyclic) bond motifs is 6. The Morgan fingerprint density at radius 3 is 1.12 bits per heavy atom. The minimum Gasteiger partial charge on any atom is -0.248 e. The predicted molar refractivity (Wildman–Crippen MR) is 204 cm³/mol. The molecule has 0 saturated carbocycles. The molecule has 8 aromatic carbocycles. The molecule has 0 radical (unpaired) electrons. The Labute approximate surface area is 280 Å². The van der Waals surface area contributed by atoms with E-state index in [1.807, 2.05) is 12.1 Å². The summed E-state index contributed by atoms with van der Waals surface area (Å²) in [5.41, 5.74) is 11.3. The van der Waals surface area contributed by atoms with Gasteiger partial charge in [0.1, 0.15) is 0 Å². The molecule has 1 nitrogen and oxygen atoms in total. The zero-order valence-corrected chi connectivity index (χ0v) is 26.3. The summed E-state index contributed by atoms with van der Waals surface area (Å²) >= 11 is 0. The second-order valence-corrected chi connectivity index (χ2v) is 12.4. The standard InChI is InChI=1S/C47H31N/c1-3-12-34(13-4-1)46-30-39(31-47(48-46)35-14-5-2-6-15-35)33-24-22-32(23-25-33)36-16-11-17-37(28-36)38-26-27-44-42-20-8-7-18-40(42)41-19-9-10-21-43(41)45(44)29-38/h1-31H. The lowest BCUT2D eigenvalue weighted by Crippen LogP contribution is -1.91. The van der Waals surface area contributed by atoms with Crippen LogP contribution in [0.15, 0.2) is 188 Å². The summed E-state index contributed by atoms with van der Waals surface area (Å²) in [5, 5.41) is 7.78. The van der Waals surface area contributed by atoms with Crippen molar-refractivity contribution >= 4 is 32.3 Å². The number of aromatic nitrogens is 1. The minimum atomic E-state index is 0.972. The molecular formula is C47H31N. The first-order chi connectivity index (χ1) is 23.8. The van der Waals surface area contributed by atoms with E-state index in [9.17, 15) is 0 Å². The molecule has 0 aliphatic carbocycles. The van der Waals surface area contributed by atoms with Gasteiger partial charge in [0, 0.05) is 11.1 Å². The first-order valence-electron chi connectivity index (χ1n) is 16.5. The van der Waals surface area contributed by atoms with E-state index in [0.29, 0.717) is 0 Å². The molecule has 0 saturated heterocycles. The highest BCUT2D eigenvalue weighted by molar-refractivity contribution is 6.25. The van der Waals surface area contributed by atoms with Gasteiger partial charge >= 0.3 is 0 Å². The third-order valence-corrected chi connectivity index (χ3v) is 9.46. The number of pyridine rings is 1. The summed E-state index contributed by atoms with van der Waals surface area (Å²) in [7, 11) is 0. The molecule has 9 aromatic rings. The number of nitrogens with zero attached hydrogens (tertiary/aromatic N) is 1. The van der Waals surface area contributed by atoms with Crippen LogP contribution in [0.3, 0.4) is 0 Å². The molecule has 1 aromatic heterocycles. The van der Waals surface area contributed by atoms with E-state index in [0.717, 1.165) is 28.1 Å². The average Bonchev–Trinajstić information content (AvgIpc) is 3.18. The highest BCUT2D eigenvalue weighted by Gasteiger charge is 2.12. The maximum absolute atomic E-state index is 5.05. The van der Waals surface area contributed by atoms with Gasteiger partial charge in [-0.2, -0.15) is 0 Å². The third-order valence-electron chi connectivity index (χ3n) is 9.46. The molecule has 1 heterocycles. The fraction of sp³-hybridized carbons (Fsp3) is 0. The SMILES string of the molecule is c1ccc(-c2cc(-c3ccc(-c4cccc(-c5ccc6c7ccccc7c7ccccc7c6c5)c4)cc3)cc(-c3ccccc3)n2)cc1. The quantitative estimate of drug-likeness (QED) is 0.177. The van der Waals surface area contributed by atoms with Crippen LogP contribution in [0.25, 0.3) is 88.2 Å². The molecule has 0 aliphatic heterocycles. The van der Waals surface area contributed by atoms with Crippen molar-refractivity contribution in [3.63, 3.8) is 0 Å². The smallest absolute Gasteiger partial charge is 0.0715 e. The molecule has 9 rings (SSSR count). The predicted octanol–water partition coefficient (Wildman–Crippen LogP) is 12.9. The van der Waals surface area contributed by atoms with Gasteiger partial charge in [-0.1, -0.05) is 164 Å². The largest absolute Gasteiger partial charge is 0.248 e. The van der Waals surface area contributed by atoms with E-state index in [1.54, 1.807) is 0 Å². The van der Waals surface area contributed by atoms with Crippen LogP contribution < -0.4 is 0 Å². The van der Waals surface area contributed by atoms with Gasteiger partial charge in [-0.15, -0.1) is 0 Å². The van der Waals surface area contributed by atoms with E-state index >= 15 is 0 Å². The van der Waals surface area contributed by atoms with Crippen molar-refractivity contribution in [1.29, 1.82) is 0 Å². The molecule has 0 atom stereocenters. The van der Waals surface area contributed by atoms with E-state index < -0.39 is 0 Å². The van der Waals surface area contributed by atoms with Crippen LogP contribution >= 0.6 is 0 Å². The second-order valence-electron chi connectivity index (χ2n) is 12.4. The number of rotatable bonds is 5. The summed E-state index contributed by atoms with van der Waals surface area (Å²) in [4.78, 5) is 5.05. The van der Waals surface area contributed by atoms with Crippen LogP contribution in [0.4, 0.5) is 0 Å². The maximum atomic E-state index is 5.05. The first kappa shape index (κ1) is 28.0. The van der Waals surface area contributed by atoms with Crippen LogP contribution in [0.5, 0.6) is 0 Å². The van der Waals surface area contributed by atoms with E-state index in [4.69, 9.17) is 4.98 Å². The van der Waals surface area contributed by atoms with Gasteiger partial charge in [0.2, 0.25) is 0 Å². The summed E-state index contributed by atoms with van der Waals surface area (Å²) in [5.74, 6) is 0. The molecule has 0 spiro atoms. The van der Waals surface area contributed by atoms with Crippen molar-refractivity contribution in [3.8, 4) is 55.9 Å². The Kier molecular flexibility index (Phi) is 6.87. The first-order valence-corrected chi connectivity index (χ1v) is 16.5. The van der Waals surface area contributed by atoms with Crippen LogP contribution in [0.2, 0.25) is 0 Å². The lowest BCUT2D eigenvalue weighted by Gasteiger charge is -2.13. The van der Waals surface area contributed by atoms with Crippen molar-refractivity contribution < 1.29 is 0 Å². The second kappa shape index (κ2) is 11.8. The monoisotopic (exact) mass is 609 g/mol. The number of hydrogen-bond acceptors (Lipinski definition) is 1. The third kappa shape index (κ3) is 5.03. The van der Waals surface area contributed by atoms with Crippen molar-refractivity contribution in [3.05, 3.63) is 188 Å². The fourth-order valence-corrected chi connectivity index (χ4v) is 7.03. The number of benzene rings is 8. The van der Waals surface area contributed by atoms with Crippen molar-refractivity contribution in [1.82, 2.24) is 4.98 Å². The maximum Gasteiger partial charge on any atom is 0.0715 e. The molecule has 0 aliphatic rings. The summed E-state index contributed by atoms with van der Waals surface area (Å²) < 4.78 is 0. The van der Waals surface area contributed by atoms with Crippen molar-refractivity contribution in [2.75, 3.05) is 0 Å². The highest BCUT2D eigenvalue weighted by Crippen LogP contribution is 2.38. The van der Waals surface area contributed by atoms with Crippen LogP contribution in [0, 0.1) is 0 Å². The van der Waals surface area contributed by atoms with E-state index in [-0.39, 0.29) is 0 Å². The van der Waals surface area contributed by atoms with Crippen molar-refractivity contribution in [2.24, 2.45) is 0 Å². The molecule has 0 unspecified atom stereocenters. The molecule has 0 fully saturated rings. The van der Waals surface area contributed by atoms with Gasteiger partial charge in [-0.3, -0.25) is 0 Å². The lowest BCUT2D eigenvalue weighted by atomic mass is 9.91. The summed E-state index contributed by atoms with van der Waals surface area (Å²) in [6.07, 6.45) is 0. The number of hydrogen-bond donors (Lipinski definition) is 0. The molecule has 0 amide bonds. The summed E-state index contributed by atoms with van der Waals surface area (Å²) in [6, 6.07) is 67.5. The normalized spacial score (nSPS) is 11.3. The lowest BCUT2D eigenvalue weighted by molar-refractivity contribution is 1.32. The Morgan fingerprint density at radius 1 is 0.208 bits per heavy atom.